The van der Waals surface area contributed by atoms with Gasteiger partial charge < -0.3 is 5.73 Å². The van der Waals surface area contributed by atoms with Crippen molar-refractivity contribution in [1.82, 2.24) is 10.2 Å². The van der Waals surface area contributed by atoms with E-state index >= 15 is 0 Å². The number of anilines is 1. The van der Waals surface area contributed by atoms with Gasteiger partial charge in [-0.3, -0.25) is 5.10 Å². The Labute approximate surface area is 128 Å². The van der Waals surface area contributed by atoms with Crippen LogP contribution in [0.4, 0.5) is 5.82 Å². The van der Waals surface area contributed by atoms with Gasteiger partial charge >= 0.3 is 0 Å². The lowest BCUT2D eigenvalue weighted by Crippen LogP contribution is -1.90. The number of nitrogens with one attached hydrogen (secondary N) is 1. The number of benzene rings is 2. The van der Waals surface area contributed by atoms with Gasteiger partial charge in [-0.15, -0.1) is 0 Å². The van der Waals surface area contributed by atoms with Gasteiger partial charge in [0.1, 0.15) is 0 Å². The van der Waals surface area contributed by atoms with E-state index in [0.29, 0.717) is 5.82 Å². The highest BCUT2D eigenvalue weighted by Crippen LogP contribution is 2.37. The molecule has 3 nitrogen and oxygen atoms in total. The van der Waals surface area contributed by atoms with Crippen LogP contribution in [0.15, 0.2) is 42.5 Å². The third kappa shape index (κ3) is 2.41. The zero-order valence-corrected chi connectivity index (χ0v) is 12.7. The van der Waals surface area contributed by atoms with Crippen LogP contribution in [0, 0.1) is 13.8 Å². The van der Waals surface area contributed by atoms with Gasteiger partial charge in [-0.25, -0.2) is 0 Å². The summed E-state index contributed by atoms with van der Waals surface area (Å²) in [7, 11) is 0. The quantitative estimate of drug-likeness (QED) is 0.726. The molecular weight excluding hydrogens is 282 g/mol. The maximum Gasteiger partial charge on any atom is 0.153 e. The minimum atomic E-state index is 0.494. The zero-order chi connectivity index (χ0) is 15.0. The Morgan fingerprint density at radius 2 is 1.76 bits per heavy atom. The van der Waals surface area contributed by atoms with Crippen LogP contribution in [0.3, 0.4) is 0 Å². The van der Waals surface area contributed by atoms with Crippen molar-refractivity contribution in [3.05, 3.63) is 58.6 Å². The minimum absolute atomic E-state index is 0.494. The smallest absolute Gasteiger partial charge is 0.153 e. The monoisotopic (exact) mass is 297 g/mol. The second kappa shape index (κ2) is 5.26. The van der Waals surface area contributed by atoms with E-state index in [1.165, 1.54) is 5.56 Å². The molecule has 0 fully saturated rings. The Kier molecular flexibility index (Phi) is 3.43. The number of H-pyrrole nitrogens is 1. The van der Waals surface area contributed by atoms with Gasteiger partial charge in [0.05, 0.1) is 11.3 Å². The van der Waals surface area contributed by atoms with Crippen LogP contribution < -0.4 is 5.73 Å². The van der Waals surface area contributed by atoms with E-state index in [2.05, 4.69) is 41.4 Å². The van der Waals surface area contributed by atoms with E-state index in [1.807, 2.05) is 25.1 Å². The number of nitrogens with two attached hydrogens (primary N) is 1. The van der Waals surface area contributed by atoms with Gasteiger partial charge in [-0.1, -0.05) is 53.6 Å². The van der Waals surface area contributed by atoms with E-state index in [-0.39, 0.29) is 0 Å². The molecule has 106 valence electrons. The van der Waals surface area contributed by atoms with Crippen molar-refractivity contribution in [3.63, 3.8) is 0 Å². The number of aromatic nitrogens is 2. The molecule has 0 aliphatic carbocycles. The number of nitrogen functional groups attached to an aromatic ring is 1. The first kappa shape index (κ1) is 13.7. The summed E-state index contributed by atoms with van der Waals surface area (Å²) in [5.74, 6) is 0.494. The number of aryl methyl sites for hydroxylation is 1. The summed E-state index contributed by atoms with van der Waals surface area (Å²) in [6.07, 6.45) is 0. The van der Waals surface area contributed by atoms with Crippen LogP contribution in [-0.4, -0.2) is 10.2 Å². The van der Waals surface area contributed by atoms with E-state index in [0.717, 1.165) is 33.0 Å². The van der Waals surface area contributed by atoms with Crippen molar-refractivity contribution >= 4 is 17.4 Å². The largest absolute Gasteiger partial charge is 0.382 e. The Bertz CT molecular complexity index is 788. The first-order valence-electron chi connectivity index (χ1n) is 6.74. The maximum absolute atomic E-state index is 6.22. The molecule has 4 heteroatoms. The molecule has 0 amide bonds. The van der Waals surface area contributed by atoms with E-state index in [4.69, 9.17) is 17.3 Å². The van der Waals surface area contributed by atoms with E-state index in [1.54, 1.807) is 0 Å². The van der Waals surface area contributed by atoms with Crippen LogP contribution in [0.2, 0.25) is 5.02 Å². The Balaban J connectivity index is 2.22. The summed E-state index contributed by atoms with van der Waals surface area (Å²) in [6, 6.07) is 14.1. The van der Waals surface area contributed by atoms with Crippen LogP contribution in [0.5, 0.6) is 0 Å². The predicted molar refractivity (Wildman–Crippen MR) is 88.4 cm³/mol. The molecule has 3 N–H and O–H groups in total. The molecule has 0 aliphatic rings. The molecule has 0 spiro atoms. The van der Waals surface area contributed by atoms with Gasteiger partial charge in [0.2, 0.25) is 0 Å². The molecule has 1 heterocycles. The molecule has 0 aliphatic heterocycles. The van der Waals surface area contributed by atoms with Crippen molar-refractivity contribution in [1.29, 1.82) is 0 Å². The molecule has 0 radical (unpaired) electrons. The average molecular weight is 298 g/mol. The highest BCUT2D eigenvalue weighted by molar-refractivity contribution is 6.31. The molecular formula is C17H16ClN3. The Morgan fingerprint density at radius 3 is 2.48 bits per heavy atom. The summed E-state index contributed by atoms with van der Waals surface area (Å²) in [5.41, 5.74) is 12.2. The van der Waals surface area contributed by atoms with Crippen LogP contribution in [0.25, 0.3) is 22.4 Å². The number of aromatic amines is 1. The van der Waals surface area contributed by atoms with Crippen molar-refractivity contribution in [3.8, 4) is 22.4 Å². The number of rotatable bonds is 2. The highest BCUT2D eigenvalue weighted by atomic mass is 35.5. The first-order valence-corrected chi connectivity index (χ1v) is 7.12. The average Bonchev–Trinajstić information content (AvgIpc) is 2.85. The van der Waals surface area contributed by atoms with Crippen LogP contribution in [0.1, 0.15) is 11.1 Å². The molecule has 1 aromatic heterocycles. The fourth-order valence-corrected chi connectivity index (χ4v) is 2.62. The molecule has 0 saturated carbocycles. The van der Waals surface area contributed by atoms with Gasteiger partial charge in [0.15, 0.2) is 5.82 Å². The Morgan fingerprint density at radius 1 is 1.05 bits per heavy atom. The normalized spacial score (nSPS) is 10.8. The summed E-state index contributed by atoms with van der Waals surface area (Å²) in [6.45, 7) is 4.05. The van der Waals surface area contributed by atoms with Gasteiger partial charge in [0, 0.05) is 10.6 Å². The maximum atomic E-state index is 6.22. The minimum Gasteiger partial charge on any atom is -0.382 e. The molecule has 3 rings (SSSR count). The molecule has 21 heavy (non-hydrogen) atoms. The van der Waals surface area contributed by atoms with Crippen molar-refractivity contribution in [2.45, 2.75) is 13.8 Å². The Hall–Kier alpha value is -2.26. The highest BCUT2D eigenvalue weighted by Gasteiger charge is 2.16. The molecule has 0 atom stereocenters. The fraction of sp³-hybridized carbons (Fsp3) is 0.118. The summed E-state index contributed by atoms with van der Waals surface area (Å²) in [4.78, 5) is 0. The number of hydrogen-bond donors (Lipinski definition) is 2. The lowest BCUT2D eigenvalue weighted by atomic mass is 9.97. The van der Waals surface area contributed by atoms with Crippen molar-refractivity contribution < 1.29 is 0 Å². The third-order valence-electron chi connectivity index (χ3n) is 3.67. The zero-order valence-electron chi connectivity index (χ0n) is 11.9. The number of hydrogen-bond acceptors (Lipinski definition) is 2. The van der Waals surface area contributed by atoms with Gasteiger partial charge in [0.25, 0.3) is 0 Å². The van der Waals surface area contributed by atoms with E-state index < -0.39 is 0 Å². The molecule has 0 bridgehead atoms. The molecule has 0 unspecified atom stereocenters. The SMILES string of the molecule is Cc1ccc(-c2c(N)n[nH]c2-c2cccc(Cl)c2C)cc1. The van der Waals surface area contributed by atoms with Crippen LogP contribution >= 0.6 is 11.6 Å². The standard InChI is InChI=1S/C17H16ClN3/c1-10-6-8-12(9-7-10)15-16(20-21-17(15)19)13-4-3-5-14(18)11(13)2/h3-9H,1-2H3,(H3,19,20,21). The van der Waals surface area contributed by atoms with E-state index in [9.17, 15) is 0 Å². The number of halogens is 1. The second-order valence-electron chi connectivity index (χ2n) is 5.14. The lowest BCUT2D eigenvalue weighted by Gasteiger charge is -2.09. The molecule has 0 saturated heterocycles. The summed E-state index contributed by atoms with van der Waals surface area (Å²) in [5, 5.41) is 7.94. The van der Waals surface area contributed by atoms with Crippen molar-refractivity contribution in [2.24, 2.45) is 0 Å². The number of nitrogens with zero attached hydrogens (tertiary/aromatic N) is 1. The third-order valence-corrected chi connectivity index (χ3v) is 4.08. The van der Waals surface area contributed by atoms with Crippen molar-refractivity contribution in [2.75, 3.05) is 5.73 Å². The predicted octanol–water partition coefficient (Wildman–Crippen LogP) is 4.60. The second-order valence-corrected chi connectivity index (χ2v) is 5.54. The summed E-state index contributed by atoms with van der Waals surface area (Å²) < 4.78 is 0. The first-order chi connectivity index (χ1) is 10.1. The van der Waals surface area contributed by atoms with Crippen LogP contribution in [-0.2, 0) is 0 Å². The van der Waals surface area contributed by atoms with Gasteiger partial charge in [-0.05, 0) is 31.0 Å². The lowest BCUT2D eigenvalue weighted by molar-refractivity contribution is 1.10. The topological polar surface area (TPSA) is 54.7 Å². The summed E-state index contributed by atoms with van der Waals surface area (Å²) >= 11 is 6.22. The molecule has 2 aromatic carbocycles. The fourth-order valence-electron chi connectivity index (χ4n) is 2.44. The molecule has 3 aromatic rings. The van der Waals surface area contributed by atoms with Gasteiger partial charge in [-0.2, -0.15) is 5.10 Å².